The van der Waals surface area contributed by atoms with Crippen LogP contribution < -0.4 is 9.62 Å². The van der Waals surface area contributed by atoms with Gasteiger partial charge in [-0.15, -0.1) is 0 Å². The van der Waals surface area contributed by atoms with Crippen molar-refractivity contribution in [2.75, 3.05) is 24.2 Å². The number of hydrogen-bond acceptors (Lipinski definition) is 4. The monoisotopic (exact) mass is 521 g/mol. The first-order chi connectivity index (χ1) is 17.5. The number of benzene rings is 3. The van der Waals surface area contributed by atoms with Gasteiger partial charge in [-0.1, -0.05) is 60.7 Å². The van der Waals surface area contributed by atoms with Gasteiger partial charge in [-0.2, -0.15) is 0 Å². The Bertz CT molecular complexity index is 1360. The molecule has 0 fully saturated rings. The molecule has 8 heteroatoms. The summed E-state index contributed by atoms with van der Waals surface area (Å²) in [5.74, 6) is -0.778. The van der Waals surface area contributed by atoms with Crippen molar-refractivity contribution in [3.8, 4) is 0 Å². The second kappa shape index (κ2) is 12.1. The van der Waals surface area contributed by atoms with Gasteiger partial charge in [0.15, 0.2) is 0 Å². The van der Waals surface area contributed by atoms with E-state index < -0.39 is 28.5 Å². The Morgan fingerprint density at radius 3 is 2.11 bits per heavy atom. The van der Waals surface area contributed by atoms with Crippen LogP contribution in [0, 0.1) is 20.8 Å². The lowest BCUT2D eigenvalue weighted by Gasteiger charge is -2.33. The zero-order chi connectivity index (χ0) is 27.2. The molecule has 0 bridgehead atoms. The Morgan fingerprint density at radius 2 is 1.51 bits per heavy atom. The van der Waals surface area contributed by atoms with E-state index in [0.29, 0.717) is 12.1 Å². The van der Waals surface area contributed by atoms with Crippen molar-refractivity contribution in [1.82, 2.24) is 10.2 Å². The van der Waals surface area contributed by atoms with Gasteiger partial charge in [0.2, 0.25) is 21.8 Å². The summed E-state index contributed by atoms with van der Waals surface area (Å²) in [6.45, 7) is 5.53. The first-order valence-corrected chi connectivity index (χ1v) is 14.0. The number of carbonyl (C=O) groups is 2. The predicted octanol–water partition coefficient (Wildman–Crippen LogP) is 3.76. The van der Waals surface area contributed by atoms with Crippen LogP contribution in [0.5, 0.6) is 0 Å². The molecule has 0 unspecified atom stereocenters. The van der Waals surface area contributed by atoms with Crippen molar-refractivity contribution in [3.05, 3.63) is 101 Å². The molecule has 0 aliphatic rings. The van der Waals surface area contributed by atoms with Crippen LogP contribution in [-0.4, -0.2) is 51.0 Å². The quantitative estimate of drug-likeness (QED) is 0.440. The number of rotatable bonds is 10. The van der Waals surface area contributed by atoms with E-state index in [1.807, 2.05) is 81.4 Å². The van der Waals surface area contributed by atoms with Gasteiger partial charge >= 0.3 is 0 Å². The molecule has 0 aliphatic carbocycles. The molecule has 0 saturated carbocycles. The van der Waals surface area contributed by atoms with Gasteiger partial charge in [-0.05, 0) is 60.7 Å². The van der Waals surface area contributed by atoms with Crippen molar-refractivity contribution < 1.29 is 18.0 Å². The third-order valence-corrected chi connectivity index (χ3v) is 7.72. The third-order valence-electron chi connectivity index (χ3n) is 6.58. The topological polar surface area (TPSA) is 86.8 Å². The second-order valence-corrected chi connectivity index (χ2v) is 11.2. The SMILES string of the molecule is CNC(=O)[C@H](Cc1ccccc1)N(Cc1ccccc1C)C(=O)CN(c1ccc(C)c(C)c1)S(C)(=O)=O. The summed E-state index contributed by atoms with van der Waals surface area (Å²) in [6.07, 6.45) is 1.38. The van der Waals surface area contributed by atoms with E-state index in [1.54, 1.807) is 12.1 Å². The van der Waals surface area contributed by atoms with Crippen LogP contribution in [0.1, 0.15) is 27.8 Å². The van der Waals surface area contributed by atoms with Crippen molar-refractivity contribution in [2.45, 2.75) is 39.8 Å². The molecule has 1 N–H and O–H groups in total. The summed E-state index contributed by atoms with van der Waals surface area (Å²) >= 11 is 0. The van der Waals surface area contributed by atoms with Gasteiger partial charge in [0, 0.05) is 20.0 Å². The molecule has 7 nitrogen and oxygen atoms in total. The zero-order valence-electron chi connectivity index (χ0n) is 22.1. The van der Waals surface area contributed by atoms with Gasteiger partial charge in [0.1, 0.15) is 12.6 Å². The van der Waals surface area contributed by atoms with E-state index in [9.17, 15) is 18.0 Å². The van der Waals surface area contributed by atoms with E-state index >= 15 is 0 Å². The molecule has 0 aliphatic heterocycles. The Balaban J connectivity index is 2.05. The molecule has 0 spiro atoms. The van der Waals surface area contributed by atoms with E-state index in [2.05, 4.69) is 5.32 Å². The number of sulfonamides is 1. The van der Waals surface area contributed by atoms with Gasteiger partial charge in [0.25, 0.3) is 0 Å². The predicted molar refractivity (Wildman–Crippen MR) is 148 cm³/mol. The molecule has 3 aromatic carbocycles. The van der Waals surface area contributed by atoms with Crippen LogP contribution in [0.15, 0.2) is 72.8 Å². The van der Waals surface area contributed by atoms with Crippen molar-refractivity contribution in [2.24, 2.45) is 0 Å². The molecule has 0 radical (unpaired) electrons. The minimum Gasteiger partial charge on any atom is -0.357 e. The number of carbonyl (C=O) groups excluding carboxylic acids is 2. The number of likely N-dealkylation sites (N-methyl/N-ethyl adjacent to an activating group) is 1. The van der Waals surface area contributed by atoms with Crippen LogP contribution in [0.4, 0.5) is 5.69 Å². The maximum atomic E-state index is 13.9. The summed E-state index contributed by atoms with van der Waals surface area (Å²) in [7, 11) is -2.25. The Hall–Kier alpha value is -3.65. The molecule has 0 heterocycles. The van der Waals surface area contributed by atoms with Crippen LogP contribution in [0.2, 0.25) is 0 Å². The number of amides is 2. The number of nitrogens with one attached hydrogen (secondary N) is 1. The van der Waals surface area contributed by atoms with Gasteiger partial charge in [-0.25, -0.2) is 8.42 Å². The highest BCUT2D eigenvalue weighted by atomic mass is 32.2. The summed E-state index contributed by atoms with van der Waals surface area (Å²) in [4.78, 5) is 28.6. The fourth-order valence-corrected chi connectivity index (χ4v) is 5.03. The Kier molecular flexibility index (Phi) is 9.10. The zero-order valence-corrected chi connectivity index (χ0v) is 22.9. The highest BCUT2D eigenvalue weighted by Crippen LogP contribution is 2.23. The van der Waals surface area contributed by atoms with Gasteiger partial charge in [0.05, 0.1) is 11.9 Å². The van der Waals surface area contributed by atoms with Crippen molar-refractivity contribution >= 4 is 27.5 Å². The molecule has 0 aromatic heterocycles. The van der Waals surface area contributed by atoms with Gasteiger partial charge in [-0.3, -0.25) is 13.9 Å². The molecule has 3 aromatic rings. The highest BCUT2D eigenvalue weighted by Gasteiger charge is 2.32. The Morgan fingerprint density at radius 1 is 0.865 bits per heavy atom. The maximum Gasteiger partial charge on any atom is 0.244 e. The molecular formula is C29H35N3O4S. The smallest absolute Gasteiger partial charge is 0.244 e. The molecular weight excluding hydrogens is 486 g/mol. The van der Waals surface area contributed by atoms with E-state index in [1.165, 1.54) is 11.9 Å². The van der Waals surface area contributed by atoms with Crippen LogP contribution in [-0.2, 0) is 32.6 Å². The molecule has 2 amide bonds. The normalized spacial score (nSPS) is 12.0. The second-order valence-electron chi connectivity index (χ2n) is 9.31. The lowest BCUT2D eigenvalue weighted by molar-refractivity contribution is -0.139. The lowest BCUT2D eigenvalue weighted by Crippen LogP contribution is -2.53. The standard InChI is InChI=1S/C29H35N3O4S/c1-21-15-16-26(17-23(21)3)32(37(5,35)36)20-28(33)31(19-25-14-10-9-11-22(25)2)27(29(34)30-4)18-24-12-7-6-8-13-24/h6-17,27H,18-20H2,1-5H3,(H,30,34)/t27-/m0/s1. The van der Waals surface area contributed by atoms with Crippen LogP contribution in [0.3, 0.4) is 0 Å². The maximum absolute atomic E-state index is 13.9. The van der Waals surface area contributed by atoms with Gasteiger partial charge < -0.3 is 10.2 Å². The highest BCUT2D eigenvalue weighted by molar-refractivity contribution is 7.92. The molecule has 0 saturated heterocycles. The largest absolute Gasteiger partial charge is 0.357 e. The number of anilines is 1. The van der Waals surface area contributed by atoms with Crippen molar-refractivity contribution in [3.63, 3.8) is 0 Å². The van der Waals surface area contributed by atoms with Crippen molar-refractivity contribution in [1.29, 1.82) is 0 Å². The summed E-state index contributed by atoms with van der Waals surface area (Å²) < 4.78 is 26.8. The van der Waals surface area contributed by atoms with E-state index in [0.717, 1.165) is 38.4 Å². The molecule has 37 heavy (non-hydrogen) atoms. The first kappa shape index (κ1) is 27.9. The van der Waals surface area contributed by atoms with Crippen LogP contribution in [0.25, 0.3) is 0 Å². The number of hydrogen-bond donors (Lipinski definition) is 1. The lowest BCUT2D eigenvalue weighted by atomic mass is 10.0. The van der Waals surface area contributed by atoms with E-state index in [-0.39, 0.29) is 12.5 Å². The third kappa shape index (κ3) is 7.20. The minimum absolute atomic E-state index is 0.168. The summed E-state index contributed by atoms with van der Waals surface area (Å²) in [6, 6.07) is 21.6. The fourth-order valence-electron chi connectivity index (χ4n) is 4.19. The molecule has 1 atom stereocenters. The summed E-state index contributed by atoms with van der Waals surface area (Å²) in [5.41, 5.74) is 5.11. The average Bonchev–Trinajstić information content (AvgIpc) is 2.86. The Labute approximate surface area is 220 Å². The average molecular weight is 522 g/mol. The van der Waals surface area contributed by atoms with E-state index in [4.69, 9.17) is 0 Å². The summed E-state index contributed by atoms with van der Waals surface area (Å²) in [5, 5.41) is 2.69. The van der Waals surface area contributed by atoms with Crippen LogP contribution >= 0.6 is 0 Å². The minimum atomic E-state index is -3.78. The number of nitrogens with zero attached hydrogens (tertiary/aromatic N) is 2. The fraction of sp³-hybridized carbons (Fsp3) is 0.310. The first-order valence-electron chi connectivity index (χ1n) is 12.2. The number of aryl methyl sites for hydroxylation is 3. The molecule has 196 valence electrons. The molecule has 3 rings (SSSR count).